The Morgan fingerprint density at radius 1 is 1.13 bits per heavy atom. The maximum Gasteiger partial charge on any atom is 0.257 e. The van der Waals surface area contributed by atoms with Gasteiger partial charge in [0.2, 0.25) is 0 Å². The van der Waals surface area contributed by atoms with Crippen molar-refractivity contribution in [2.45, 2.75) is 51.5 Å². The van der Waals surface area contributed by atoms with Crippen LogP contribution >= 0.6 is 0 Å². The molecule has 166 valence electrons. The van der Waals surface area contributed by atoms with Crippen LogP contribution in [0.1, 0.15) is 53.8 Å². The minimum Gasteiger partial charge on any atom is -0.469 e. The molecule has 0 saturated carbocycles. The Kier molecular flexibility index (Phi) is 7.29. The molecule has 0 bridgehead atoms. The van der Waals surface area contributed by atoms with Gasteiger partial charge in [-0.1, -0.05) is 42.5 Å². The molecule has 4 heteroatoms. The third-order valence-corrected chi connectivity index (χ3v) is 7.27. The second kappa shape index (κ2) is 10.3. The fourth-order valence-corrected chi connectivity index (χ4v) is 5.33. The number of hydrogen-bond donors (Lipinski definition) is 0. The lowest BCUT2D eigenvalue weighted by Gasteiger charge is -2.41. The van der Waals surface area contributed by atoms with Gasteiger partial charge in [0.15, 0.2) is 0 Å². The molecule has 1 aromatic heterocycles. The zero-order valence-corrected chi connectivity index (χ0v) is 19.0. The number of hydrogen-bond acceptors (Lipinski definition) is 3. The lowest BCUT2D eigenvalue weighted by molar-refractivity contribution is 0.0574. The van der Waals surface area contributed by atoms with Gasteiger partial charge in [-0.15, -0.1) is 0 Å². The van der Waals surface area contributed by atoms with Gasteiger partial charge in [0.25, 0.3) is 5.91 Å². The summed E-state index contributed by atoms with van der Waals surface area (Å²) in [6.45, 7) is 5.38. The first-order valence-electron chi connectivity index (χ1n) is 11.8. The van der Waals surface area contributed by atoms with Crippen LogP contribution in [0.4, 0.5) is 0 Å². The number of aryl methyl sites for hydroxylation is 1. The molecule has 0 N–H and O–H groups in total. The molecule has 2 atom stereocenters. The Labute approximate surface area is 186 Å². The molecule has 0 radical (unpaired) electrons. The number of amides is 1. The van der Waals surface area contributed by atoms with E-state index in [1.807, 2.05) is 18.9 Å². The van der Waals surface area contributed by atoms with Gasteiger partial charge in [0.05, 0.1) is 11.8 Å². The van der Waals surface area contributed by atoms with Gasteiger partial charge < -0.3 is 14.2 Å². The van der Waals surface area contributed by atoms with Crippen LogP contribution in [0.25, 0.3) is 0 Å². The smallest absolute Gasteiger partial charge is 0.257 e. The molecule has 2 heterocycles. The fraction of sp³-hybridized carbons (Fsp3) is 0.519. The predicted octanol–water partition coefficient (Wildman–Crippen LogP) is 5.34. The van der Waals surface area contributed by atoms with Crippen molar-refractivity contribution in [3.63, 3.8) is 0 Å². The molecular weight excluding hydrogens is 384 g/mol. The Hall–Kier alpha value is -2.33. The van der Waals surface area contributed by atoms with Crippen LogP contribution in [0, 0.1) is 18.8 Å². The van der Waals surface area contributed by atoms with E-state index >= 15 is 0 Å². The monoisotopic (exact) mass is 420 g/mol. The molecule has 1 aromatic carbocycles. The first-order valence-corrected chi connectivity index (χ1v) is 11.8. The Morgan fingerprint density at radius 2 is 1.90 bits per heavy atom. The quantitative estimate of drug-likeness (QED) is 0.567. The standard InChI is InChI=1S/C27H36N2O2/c1-21-25(15-18-31-21)27(30)28(2)26(19-22-9-5-3-6-10-22)24-13-16-29(17-14-24)20-23-11-7-4-8-12-23/h3-7,9-10,15,18,23-24,26H,8,11-14,16-17,19-20H2,1-2H3/t23-,26-/m1/s1. The molecule has 31 heavy (non-hydrogen) atoms. The Bertz CT molecular complexity index is 864. The van der Waals surface area contributed by atoms with Crippen molar-refractivity contribution in [2.24, 2.45) is 11.8 Å². The van der Waals surface area contributed by atoms with Gasteiger partial charge in [-0.05, 0) is 82.0 Å². The number of allylic oxidation sites excluding steroid dienone is 2. The van der Waals surface area contributed by atoms with Crippen molar-refractivity contribution in [1.82, 2.24) is 9.80 Å². The van der Waals surface area contributed by atoms with Gasteiger partial charge in [-0.3, -0.25) is 4.79 Å². The summed E-state index contributed by atoms with van der Waals surface area (Å²) in [7, 11) is 1.98. The van der Waals surface area contributed by atoms with Crippen LogP contribution in [0.2, 0.25) is 0 Å². The summed E-state index contributed by atoms with van der Waals surface area (Å²) in [6, 6.07) is 12.6. The number of piperidine rings is 1. The zero-order valence-electron chi connectivity index (χ0n) is 19.0. The number of benzene rings is 1. The van der Waals surface area contributed by atoms with Crippen molar-refractivity contribution in [3.8, 4) is 0 Å². The molecule has 4 nitrogen and oxygen atoms in total. The van der Waals surface area contributed by atoms with Crippen LogP contribution in [-0.2, 0) is 6.42 Å². The highest BCUT2D eigenvalue weighted by atomic mass is 16.3. The van der Waals surface area contributed by atoms with Gasteiger partial charge in [-0.25, -0.2) is 0 Å². The van der Waals surface area contributed by atoms with Crippen molar-refractivity contribution in [2.75, 3.05) is 26.7 Å². The molecule has 0 spiro atoms. The number of nitrogens with zero attached hydrogens (tertiary/aromatic N) is 2. The average Bonchev–Trinajstić information content (AvgIpc) is 3.24. The summed E-state index contributed by atoms with van der Waals surface area (Å²) in [4.78, 5) is 17.9. The van der Waals surface area contributed by atoms with Gasteiger partial charge >= 0.3 is 0 Å². The van der Waals surface area contributed by atoms with E-state index in [-0.39, 0.29) is 11.9 Å². The number of rotatable bonds is 7. The van der Waals surface area contributed by atoms with E-state index < -0.39 is 0 Å². The van der Waals surface area contributed by atoms with E-state index in [4.69, 9.17) is 4.42 Å². The lowest BCUT2D eigenvalue weighted by Crippen LogP contribution is -2.48. The first-order chi connectivity index (χ1) is 15.1. The summed E-state index contributed by atoms with van der Waals surface area (Å²) in [6.07, 6.45) is 13.3. The summed E-state index contributed by atoms with van der Waals surface area (Å²) in [5, 5.41) is 0. The first kappa shape index (κ1) is 21.9. The molecule has 2 aromatic rings. The van der Waals surface area contributed by atoms with E-state index in [2.05, 4.69) is 47.4 Å². The van der Waals surface area contributed by atoms with E-state index in [0.29, 0.717) is 17.2 Å². The largest absolute Gasteiger partial charge is 0.469 e. The lowest BCUT2D eigenvalue weighted by atomic mass is 9.84. The number of furan rings is 1. The highest BCUT2D eigenvalue weighted by Gasteiger charge is 2.33. The molecule has 2 aliphatic rings. The zero-order chi connectivity index (χ0) is 21.6. The fourth-order valence-electron chi connectivity index (χ4n) is 5.33. The summed E-state index contributed by atoms with van der Waals surface area (Å²) in [5.74, 6) is 2.11. The van der Waals surface area contributed by atoms with Gasteiger partial charge in [0.1, 0.15) is 5.76 Å². The topological polar surface area (TPSA) is 36.7 Å². The van der Waals surface area contributed by atoms with E-state index in [0.717, 1.165) is 38.3 Å². The van der Waals surface area contributed by atoms with Crippen LogP contribution in [0.3, 0.4) is 0 Å². The molecule has 1 aliphatic carbocycles. The number of carbonyl (C=O) groups is 1. The minimum atomic E-state index is 0.0728. The molecule has 0 unspecified atom stereocenters. The third kappa shape index (κ3) is 5.48. The van der Waals surface area contributed by atoms with E-state index in [9.17, 15) is 4.79 Å². The third-order valence-electron chi connectivity index (χ3n) is 7.27. The minimum absolute atomic E-state index is 0.0728. The summed E-state index contributed by atoms with van der Waals surface area (Å²) < 4.78 is 5.41. The highest BCUT2D eigenvalue weighted by molar-refractivity contribution is 5.95. The summed E-state index contributed by atoms with van der Waals surface area (Å²) in [5.41, 5.74) is 1.98. The van der Waals surface area contributed by atoms with Crippen LogP contribution in [-0.4, -0.2) is 48.4 Å². The van der Waals surface area contributed by atoms with E-state index in [1.165, 1.54) is 31.4 Å². The van der Waals surface area contributed by atoms with Crippen LogP contribution in [0.5, 0.6) is 0 Å². The second-order valence-corrected chi connectivity index (χ2v) is 9.35. The number of carbonyl (C=O) groups excluding carboxylic acids is 1. The van der Waals surface area contributed by atoms with Crippen LogP contribution in [0.15, 0.2) is 59.2 Å². The predicted molar refractivity (Wildman–Crippen MR) is 125 cm³/mol. The molecule has 4 rings (SSSR count). The van der Waals surface area contributed by atoms with Gasteiger partial charge in [-0.2, -0.15) is 0 Å². The van der Waals surface area contributed by atoms with E-state index in [1.54, 1.807) is 12.3 Å². The van der Waals surface area contributed by atoms with Crippen molar-refractivity contribution >= 4 is 5.91 Å². The Morgan fingerprint density at radius 3 is 2.55 bits per heavy atom. The second-order valence-electron chi connectivity index (χ2n) is 9.35. The molecule has 1 amide bonds. The van der Waals surface area contributed by atoms with Gasteiger partial charge in [0, 0.05) is 19.6 Å². The Balaban J connectivity index is 1.43. The maximum atomic E-state index is 13.3. The molecule has 1 aliphatic heterocycles. The van der Waals surface area contributed by atoms with Crippen LogP contribution < -0.4 is 0 Å². The summed E-state index contributed by atoms with van der Waals surface area (Å²) >= 11 is 0. The number of likely N-dealkylation sites (tertiary alicyclic amines) is 1. The molecule has 1 fully saturated rings. The molecule has 1 saturated heterocycles. The normalized spacial score (nSPS) is 21.2. The van der Waals surface area contributed by atoms with Crippen molar-refractivity contribution < 1.29 is 9.21 Å². The maximum absolute atomic E-state index is 13.3. The molecular formula is C27H36N2O2. The number of likely N-dealkylation sites (N-methyl/N-ethyl adjacent to an activating group) is 1. The average molecular weight is 421 g/mol. The highest BCUT2D eigenvalue weighted by Crippen LogP contribution is 2.29. The van der Waals surface area contributed by atoms with Crippen molar-refractivity contribution in [3.05, 3.63) is 71.7 Å². The van der Waals surface area contributed by atoms with Crippen molar-refractivity contribution in [1.29, 1.82) is 0 Å². The SMILES string of the molecule is Cc1occc1C(=O)N(C)[C@H](Cc1ccccc1)C1CCN(C[C@@H]2CC=CCC2)CC1.